The van der Waals surface area contributed by atoms with E-state index in [1.165, 1.54) is 0 Å². The third kappa shape index (κ3) is 4.75. The number of fused-ring (bicyclic) bond motifs is 1. The fourth-order valence-electron chi connectivity index (χ4n) is 2.25. The van der Waals surface area contributed by atoms with Crippen LogP contribution in [-0.4, -0.2) is 35.8 Å². The van der Waals surface area contributed by atoms with Crippen molar-refractivity contribution in [1.29, 1.82) is 0 Å². The summed E-state index contributed by atoms with van der Waals surface area (Å²) >= 11 is 5.84. The van der Waals surface area contributed by atoms with Crippen LogP contribution in [0.5, 0.6) is 5.75 Å². The normalized spacial score (nSPS) is 18.5. The van der Waals surface area contributed by atoms with Crippen LogP contribution in [0.15, 0.2) is 18.2 Å². The van der Waals surface area contributed by atoms with E-state index in [-0.39, 0.29) is 13.0 Å². The van der Waals surface area contributed by atoms with Crippen LogP contribution in [0.3, 0.4) is 0 Å². The van der Waals surface area contributed by atoms with Gasteiger partial charge in [0.2, 0.25) is 5.91 Å². The summed E-state index contributed by atoms with van der Waals surface area (Å²) in [5, 5.41) is 11.2. The van der Waals surface area contributed by atoms with Gasteiger partial charge in [-0.2, -0.15) is 13.2 Å². The van der Waals surface area contributed by atoms with Crippen LogP contribution in [0, 0.1) is 5.92 Å². The van der Waals surface area contributed by atoms with Gasteiger partial charge in [-0.25, -0.2) is 4.79 Å². The number of amides is 1. The molecule has 2 N–H and O–H groups in total. The van der Waals surface area contributed by atoms with Gasteiger partial charge in [-0.15, -0.1) is 0 Å². The molecule has 0 fully saturated rings. The van der Waals surface area contributed by atoms with E-state index in [4.69, 9.17) is 21.4 Å². The monoisotopic (exact) mass is 351 g/mol. The Balaban J connectivity index is 2.04. The summed E-state index contributed by atoms with van der Waals surface area (Å²) in [5.74, 6) is -2.78. The number of rotatable bonds is 4. The number of carbonyl (C=O) groups is 2. The van der Waals surface area contributed by atoms with Crippen LogP contribution in [0.4, 0.5) is 13.2 Å². The van der Waals surface area contributed by atoms with Gasteiger partial charge >= 0.3 is 12.1 Å². The van der Waals surface area contributed by atoms with Gasteiger partial charge < -0.3 is 15.2 Å². The maximum absolute atomic E-state index is 12.3. The van der Waals surface area contributed by atoms with E-state index >= 15 is 0 Å². The van der Waals surface area contributed by atoms with E-state index in [0.29, 0.717) is 16.3 Å². The lowest BCUT2D eigenvalue weighted by Crippen LogP contribution is -2.47. The highest BCUT2D eigenvalue weighted by atomic mass is 35.5. The van der Waals surface area contributed by atoms with Gasteiger partial charge in [0.05, 0.1) is 12.3 Å². The molecule has 1 aromatic carbocycles. The molecule has 1 aliphatic heterocycles. The minimum atomic E-state index is -4.69. The second-order valence-electron chi connectivity index (χ2n) is 5.18. The Hall–Kier alpha value is -1.96. The maximum Gasteiger partial charge on any atom is 0.391 e. The largest absolute Gasteiger partial charge is 0.492 e. The number of carboxylic acid groups (broad SMARTS) is 1. The summed E-state index contributed by atoms with van der Waals surface area (Å²) < 4.78 is 42.4. The molecule has 2 unspecified atom stereocenters. The molecular formula is C14H13ClF3NO4. The maximum atomic E-state index is 12.3. The first kappa shape index (κ1) is 17.4. The summed E-state index contributed by atoms with van der Waals surface area (Å²) in [6.45, 7) is -0.0428. The van der Waals surface area contributed by atoms with Crippen LogP contribution in [-0.2, 0) is 16.0 Å². The first-order valence-corrected chi connectivity index (χ1v) is 7.04. The van der Waals surface area contributed by atoms with Gasteiger partial charge in [-0.05, 0) is 30.2 Å². The fourth-order valence-corrected chi connectivity index (χ4v) is 2.45. The van der Waals surface area contributed by atoms with Crippen molar-refractivity contribution in [3.63, 3.8) is 0 Å². The molecule has 1 amide bonds. The predicted molar refractivity (Wildman–Crippen MR) is 74.4 cm³/mol. The van der Waals surface area contributed by atoms with Crippen LogP contribution in [0.25, 0.3) is 0 Å². The van der Waals surface area contributed by atoms with Crippen molar-refractivity contribution in [3.05, 3.63) is 28.8 Å². The second-order valence-corrected chi connectivity index (χ2v) is 5.62. The number of carbonyl (C=O) groups excluding carboxylic acids is 1. The zero-order chi connectivity index (χ0) is 17.2. The van der Waals surface area contributed by atoms with Gasteiger partial charge in [-0.3, -0.25) is 4.79 Å². The Bertz CT molecular complexity index is 621. The van der Waals surface area contributed by atoms with Crippen LogP contribution < -0.4 is 10.1 Å². The quantitative estimate of drug-likeness (QED) is 0.873. The number of halogens is 4. The van der Waals surface area contributed by atoms with E-state index in [1.54, 1.807) is 18.2 Å². The molecule has 0 saturated carbocycles. The minimum Gasteiger partial charge on any atom is -0.492 e. The number of nitrogens with one attached hydrogen (secondary N) is 1. The highest BCUT2D eigenvalue weighted by Gasteiger charge is 2.37. The first-order valence-electron chi connectivity index (χ1n) is 6.67. The lowest BCUT2D eigenvalue weighted by Gasteiger charge is -2.26. The standard InChI is InChI=1S/C14H13ClF3NO4/c15-9-1-2-11-7(4-9)3-8(6-23-11)12(20)19-10(13(21)22)5-14(16,17)18/h1-2,4,8,10H,3,5-6H2,(H,19,20)(H,21,22). The highest BCUT2D eigenvalue weighted by Crippen LogP contribution is 2.30. The zero-order valence-corrected chi connectivity index (χ0v) is 12.4. The number of hydrogen-bond acceptors (Lipinski definition) is 3. The molecule has 1 aromatic rings. The first-order chi connectivity index (χ1) is 10.7. The molecule has 23 heavy (non-hydrogen) atoms. The molecule has 0 radical (unpaired) electrons. The van der Waals surface area contributed by atoms with Gasteiger partial charge in [0.15, 0.2) is 0 Å². The van der Waals surface area contributed by atoms with Crippen molar-refractivity contribution in [3.8, 4) is 5.75 Å². The predicted octanol–water partition coefficient (Wildman–Crippen LogP) is 2.41. The van der Waals surface area contributed by atoms with E-state index in [2.05, 4.69) is 0 Å². The van der Waals surface area contributed by atoms with Gasteiger partial charge in [0.25, 0.3) is 0 Å². The van der Waals surface area contributed by atoms with Crippen molar-refractivity contribution >= 4 is 23.5 Å². The molecule has 0 aromatic heterocycles. The number of benzene rings is 1. The third-order valence-corrected chi connectivity index (χ3v) is 3.58. The molecular weight excluding hydrogens is 339 g/mol. The number of aliphatic carboxylic acids is 1. The molecule has 2 rings (SSSR count). The smallest absolute Gasteiger partial charge is 0.391 e. The van der Waals surface area contributed by atoms with E-state index < -0.39 is 36.4 Å². The van der Waals surface area contributed by atoms with Crippen molar-refractivity contribution < 1.29 is 32.6 Å². The molecule has 0 aliphatic carbocycles. The molecule has 9 heteroatoms. The average Bonchev–Trinajstić information content (AvgIpc) is 2.44. The van der Waals surface area contributed by atoms with Crippen LogP contribution in [0.2, 0.25) is 5.02 Å². The molecule has 0 bridgehead atoms. The van der Waals surface area contributed by atoms with E-state index in [9.17, 15) is 22.8 Å². The van der Waals surface area contributed by atoms with Gasteiger partial charge in [-0.1, -0.05) is 11.6 Å². The molecule has 5 nitrogen and oxygen atoms in total. The van der Waals surface area contributed by atoms with E-state index in [0.717, 1.165) is 0 Å². The highest BCUT2D eigenvalue weighted by molar-refractivity contribution is 6.30. The Kier molecular flexibility index (Phi) is 5.03. The zero-order valence-electron chi connectivity index (χ0n) is 11.7. The Morgan fingerprint density at radius 1 is 1.43 bits per heavy atom. The number of carboxylic acids is 1. The molecule has 126 valence electrons. The molecule has 1 heterocycles. The summed E-state index contributed by atoms with van der Waals surface area (Å²) in [6, 6.07) is 2.82. The lowest BCUT2D eigenvalue weighted by atomic mass is 9.95. The molecule has 1 aliphatic rings. The van der Waals surface area contributed by atoms with Crippen LogP contribution >= 0.6 is 11.6 Å². The van der Waals surface area contributed by atoms with Crippen molar-refractivity contribution in [2.45, 2.75) is 25.1 Å². The molecule has 0 saturated heterocycles. The molecule has 0 spiro atoms. The summed E-state index contributed by atoms with van der Waals surface area (Å²) in [7, 11) is 0. The number of ether oxygens (including phenoxy) is 1. The lowest BCUT2D eigenvalue weighted by molar-refractivity contribution is -0.160. The number of alkyl halides is 3. The summed E-state index contributed by atoms with van der Waals surface area (Å²) in [6.07, 6.45) is -6.12. The SMILES string of the molecule is O=C(NC(CC(F)(F)F)C(=O)O)C1COc2ccc(Cl)cc2C1. The summed E-state index contributed by atoms with van der Waals surface area (Å²) in [5.41, 5.74) is 0.645. The van der Waals surface area contributed by atoms with Crippen molar-refractivity contribution in [2.75, 3.05) is 6.61 Å². The molecule has 2 atom stereocenters. The van der Waals surface area contributed by atoms with Crippen molar-refractivity contribution in [2.24, 2.45) is 5.92 Å². The Morgan fingerprint density at radius 3 is 2.74 bits per heavy atom. The average molecular weight is 352 g/mol. The minimum absolute atomic E-state index is 0.0428. The fraction of sp³-hybridized carbons (Fsp3) is 0.429. The van der Waals surface area contributed by atoms with Gasteiger partial charge in [0, 0.05) is 5.02 Å². The summed E-state index contributed by atoms with van der Waals surface area (Å²) in [4.78, 5) is 22.9. The number of hydrogen-bond donors (Lipinski definition) is 2. The Morgan fingerprint density at radius 2 is 2.13 bits per heavy atom. The Labute approximate surface area is 134 Å². The topological polar surface area (TPSA) is 75.6 Å². The second kappa shape index (κ2) is 6.66. The van der Waals surface area contributed by atoms with Crippen molar-refractivity contribution in [1.82, 2.24) is 5.32 Å². The third-order valence-electron chi connectivity index (χ3n) is 3.35. The van der Waals surface area contributed by atoms with Crippen LogP contribution in [0.1, 0.15) is 12.0 Å². The van der Waals surface area contributed by atoms with E-state index in [1.807, 2.05) is 5.32 Å². The van der Waals surface area contributed by atoms with Gasteiger partial charge in [0.1, 0.15) is 18.4 Å².